The summed E-state index contributed by atoms with van der Waals surface area (Å²) in [6, 6.07) is 3.82. The van der Waals surface area contributed by atoms with Crippen molar-refractivity contribution in [3.63, 3.8) is 0 Å². The fourth-order valence-corrected chi connectivity index (χ4v) is 3.26. The first kappa shape index (κ1) is 16.2. The SMILES string of the molecule is CC1CC(N2CCN(C(=O)c3ccc(Cl)cc3F)CC2)C(=O)O1. The number of rotatable bonds is 2. The van der Waals surface area contributed by atoms with Crippen LogP contribution in [0.15, 0.2) is 18.2 Å². The van der Waals surface area contributed by atoms with E-state index in [1.807, 2.05) is 11.8 Å². The second kappa shape index (κ2) is 6.45. The summed E-state index contributed by atoms with van der Waals surface area (Å²) >= 11 is 5.71. The summed E-state index contributed by atoms with van der Waals surface area (Å²) in [5, 5.41) is 0.262. The quantitative estimate of drug-likeness (QED) is 0.772. The van der Waals surface area contributed by atoms with Crippen molar-refractivity contribution in [3.05, 3.63) is 34.6 Å². The highest BCUT2D eigenvalue weighted by atomic mass is 35.5. The number of esters is 1. The Hall–Kier alpha value is -1.66. The van der Waals surface area contributed by atoms with Crippen LogP contribution in [-0.2, 0) is 9.53 Å². The molecule has 5 nitrogen and oxygen atoms in total. The monoisotopic (exact) mass is 340 g/mol. The molecule has 1 amide bonds. The number of hydrogen-bond acceptors (Lipinski definition) is 4. The summed E-state index contributed by atoms with van der Waals surface area (Å²) in [5.74, 6) is -1.15. The molecule has 0 N–H and O–H groups in total. The van der Waals surface area contributed by atoms with Crippen molar-refractivity contribution in [2.24, 2.45) is 0 Å². The Labute approximate surface area is 138 Å². The number of hydrogen-bond donors (Lipinski definition) is 0. The predicted molar refractivity (Wildman–Crippen MR) is 82.8 cm³/mol. The summed E-state index contributed by atoms with van der Waals surface area (Å²) in [6.45, 7) is 3.94. The molecular formula is C16H18ClFN2O3. The molecule has 2 heterocycles. The zero-order valence-corrected chi connectivity index (χ0v) is 13.6. The lowest BCUT2D eigenvalue weighted by Crippen LogP contribution is -2.53. The van der Waals surface area contributed by atoms with Crippen molar-refractivity contribution >= 4 is 23.5 Å². The van der Waals surface area contributed by atoms with Gasteiger partial charge in [0.15, 0.2) is 0 Å². The van der Waals surface area contributed by atoms with Crippen LogP contribution in [0.3, 0.4) is 0 Å². The van der Waals surface area contributed by atoms with Crippen molar-refractivity contribution in [3.8, 4) is 0 Å². The minimum atomic E-state index is -0.613. The zero-order valence-electron chi connectivity index (χ0n) is 12.8. The topological polar surface area (TPSA) is 49.9 Å². The Balaban J connectivity index is 1.62. The van der Waals surface area contributed by atoms with E-state index >= 15 is 0 Å². The molecule has 0 aromatic heterocycles. The molecule has 0 bridgehead atoms. The van der Waals surface area contributed by atoms with E-state index in [4.69, 9.17) is 16.3 Å². The first-order chi connectivity index (χ1) is 11.0. The number of carbonyl (C=O) groups is 2. The highest BCUT2D eigenvalue weighted by Crippen LogP contribution is 2.22. The second-order valence-corrected chi connectivity index (χ2v) is 6.39. The number of benzene rings is 1. The predicted octanol–water partition coefficient (Wildman–Crippen LogP) is 1.94. The van der Waals surface area contributed by atoms with E-state index in [9.17, 15) is 14.0 Å². The van der Waals surface area contributed by atoms with Crippen molar-refractivity contribution < 1.29 is 18.7 Å². The standard InChI is InChI=1S/C16H18ClFN2O3/c1-10-8-14(16(22)23-10)19-4-6-20(7-5-19)15(21)12-3-2-11(17)9-13(12)18/h2-3,9-10,14H,4-8H2,1H3. The molecule has 2 fully saturated rings. The van der Waals surface area contributed by atoms with Gasteiger partial charge < -0.3 is 9.64 Å². The van der Waals surface area contributed by atoms with Crippen LogP contribution in [0, 0.1) is 5.82 Å². The van der Waals surface area contributed by atoms with Gasteiger partial charge in [0.1, 0.15) is 18.0 Å². The van der Waals surface area contributed by atoms with Crippen LogP contribution in [0.1, 0.15) is 23.7 Å². The van der Waals surface area contributed by atoms with Gasteiger partial charge in [-0.25, -0.2) is 4.39 Å². The van der Waals surface area contributed by atoms with Crippen LogP contribution in [-0.4, -0.2) is 60.0 Å². The number of nitrogens with zero attached hydrogens (tertiary/aromatic N) is 2. The third-order valence-corrected chi connectivity index (χ3v) is 4.58. The molecule has 2 atom stereocenters. The highest BCUT2D eigenvalue weighted by molar-refractivity contribution is 6.30. The first-order valence-electron chi connectivity index (χ1n) is 7.64. The summed E-state index contributed by atoms with van der Waals surface area (Å²) in [6.07, 6.45) is 0.619. The number of amides is 1. The first-order valence-corrected chi connectivity index (χ1v) is 8.02. The van der Waals surface area contributed by atoms with E-state index < -0.39 is 5.82 Å². The number of ether oxygens (including phenoxy) is 1. The van der Waals surface area contributed by atoms with Crippen molar-refractivity contribution in [1.82, 2.24) is 9.80 Å². The summed E-state index contributed by atoms with van der Waals surface area (Å²) in [7, 11) is 0. The normalized spacial score (nSPS) is 25.5. The molecule has 1 aromatic carbocycles. The Morgan fingerprint density at radius 2 is 2.00 bits per heavy atom. The molecule has 7 heteroatoms. The molecule has 2 unspecified atom stereocenters. The zero-order chi connectivity index (χ0) is 16.6. The molecular weight excluding hydrogens is 323 g/mol. The Bertz CT molecular complexity index is 632. The van der Waals surface area contributed by atoms with Crippen molar-refractivity contribution in [1.29, 1.82) is 0 Å². The largest absolute Gasteiger partial charge is 0.461 e. The number of halogens is 2. The van der Waals surface area contributed by atoms with Crippen LogP contribution in [0.4, 0.5) is 4.39 Å². The van der Waals surface area contributed by atoms with Gasteiger partial charge >= 0.3 is 5.97 Å². The van der Waals surface area contributed by atoms with Gasteiger partial charge in [0.25, 0.3) is 5.91 Å². The molecule has 0 spiro atoms. The highest BCUT2D eigenvalue weighted by Gasteiger charge is 2.38. The van der Waals surface area contributed by atoms with E-state index in [2.05, 4.69) is 0 Å². The van der Waals surface area contributed by atoms with E-state index in [0.717, 1.165) is 6.07 Å². The molecule has 0 radical (unpaired) electrons. The maximum Gasteiger partial charge on any atom is 0.323 e. The number of piperazine rings is 1. The molecule has 2 aliphatic rings. The minimum Gasteiger partial charge on any atom is -0.461 e. The Kier molecular flexibility index (Phi) is 4.55. The van der Waals surface area contributed by atoms with Gasteiger partial charge in [-0.3, -0.25) is 14.5 Å². The molecule has 0 aliphatic carbocycles. The van der Waals surface area contributed by atoms with Crippen LogP contribution in [0.2, 0.25) is 5.02 Å². The smallest absolute Gasteiger partial charge is 0.323 e. The van der Waals surface area contributed by atoms with Gasteiger partial charge in [-0.1, -0.05) is 11.6 Å². The molecule has 124 valence electrons. The lowest BCUT2D eigenvalue weighted by atomic mass is 10.1. The van der Waals surface area contributed by atoms with E-state index in [1.54, 1.807) is 4.90 Å². The maximum absolute atomic E-state index is 13.9. The molecule has 2 aliphatic heterocycles. The summed E-state index contributed by atoms with van der Waals surface area (Å²) in [4.78, 5) is 27.8. The average molecular weight is 341 g/mol. The van der Waals surface area contributed by atoms with Crippen molar-refractivity contribution in [2.75, 3.05) is 26.2 Å². The Morgan fingerprint density at radius 3 is 2.57 bits per heavy atom. The van der Waals surface area contributed by atoms with Gasteiger partial charge in [0, 0.05) is 37.6 Å². The van der Waals surface area contributed by atoms with Gasteiger partial charge in [-0.05, 0) is 25.1 Å². The fourth-order valence-electron chi connectivity index (χ4n) is 3.10. The summed E-state index contributed by atoms with van der Waals surface area (Å²) < 4.78 is 19.0. The fraction of sp³-hybridized carbons (Fsp3) is 0.500. The van der Waals surface area contributed by atoms with Gasteiger partial charge in [0.05, 0.1) is 5.56 Å². The van der Waals surface area contributed by atoms with Crippen molar-refractivity contribution in [2.45, 2.75) is 25.5 Å². The molecule has 1 aromatic rings. The lowest BCUT2D eigenvalue weighted by molar-refractivity contribution is -0.145. The molecule has 3 rings (SSSR count). The lowest BCUT2D eigenvalue weighted by Gasteiger charge is -2.36. The third-order valence-electron chi connectivity index (χ3n) is 4.35. The maximum atomic E-state index is 13.9. The number of cyclic esters (lactones) is 1. The third kappa shape index (κ3) is 3.33. The summed E-state index contributed by atoms with van der Waals surface area (Å²) in [5.41, 5.74) is 0.0248. The van der Waals surface area contributed by atoms with Crippen LogP contribution >= 0.6 is 11.6 Å². The van der Waals surface area contributed by atoms with Gasteiger partial charge in [-0.15, -0.1) is 0 Å². The minimum absolute atomic E-state index is 0.0248. The Morgan fingerprint density at radius 1 is 1.30 bits per heavy atom. The van der Waals surface area contributed by atoms with Crippen LogP contribution in [0.25, 0.3) is 0 Å². The van der Waals surface area contributed by atoms with Gasteiger partial charge in [-0.2, -0.15) is 0 Å². The molecule has 23 heavy (non-hydrogen) atoms. The number of carbonyl (C=O) groups excluding carboxylic acids is 2. The molecule has 0 saturated carbocycles. The van der Waals surface area contributed by atoms with Crippen LogP contribution in [0.5, 0.6) is 0 Å². The van der Waals surface area contributed by atoms with Crippen LogP contribution < -0.4 is 0 Å². The second-order valence-electron chi connectivity index (χ2n) is 5.95. The van der Waals surface area contributed by atoms with E-state index in [-0.39, 0.29) is 34.6 Å². The van der Waals surface area contributed by atoms with Gasteiger partial charge in [0.2, 0.25) is 0 Å². The van der Waals surface area contributed by atoms with E-state index in [1.165, 1.54) is 12.1 Å². The molecule has 2 saturated heterocycles. The average Bonchev–Trinajstić information content (AvgIpc) is 2.85. The van der Waals surface area contributed by atoms with E-state index in [0.29, 0.717) is 32.6 Å².